The summed E-state index contributed by atoms with van der Waals surface area (Å²) in [5.41, 5.74) is 0.0122. The highest BCUT2D eigenvalue weighted by Gasteiger charge is 2.48. The van der Waals surface area contributed by atoms with Gasteiger partial charge < -0.3 is 19.5 Å². The zero-order chi connectivity index (χ0) is 16.0. The minimum atomic E-state index is -0.734. The molecule has 1 amide bonds. The van der Waals surface area contributed by atoms with Crippen LogP contribution in [-0.4, -0.2) is 38.4 Å². The van der Waals surface area contributed by atoms with E-state index in [9.17, 15) is 4.79 Å². The van der Waals surface area contributed by atoms with Crippen LogP contribution in [0.1, 0.15) is 26.7 Å². The van der Waals surface area contributed by atoms with Crippen molar-refractivity contribution in [3.05, 3.63) is 24.3 Å². The third kappa shape index (κ3) is 4.21. The van der Waals surface area contributed by atoms with Crippen molar-refractivity contribution in [3.63, 3.8) is 0 Å². The van der Waals surface area contributed by atoms with E-state index in [-0.39, 0.29) is 5.91 Å². The van der Waals surface area contributed by atoms with Crippen molar-refractivity contribution in [2.24, 2.45) is 5.92 Å². The number of anilines is 1. The number of benzene rings is 1. The zero-order valence-electron chi connectivity index (χ0n) is 13.6. The highest BCUT2D eigenvalue weighted by molar-refractivity contribution is 5.97. The normalized spacial score (nSPS) is 16.9. The third-order valence-corrected chi connectivity index (χ3v) is 3.92. The molecule has 1 N–H and O–H groups in total. The molecule has 0 aliphatic heterocycles. The minimum Gasteiger partial charge on any atom is -0.491 e. The van der Waals surface area contributed by atoms with Crippen LogP contribution in [0.3, 0.4) is 0 Å². The van der Waals surface area contributed by atoms with Crippen molar-refractivity contribution in [1.29, 1.82) is 0 Å². The Labute approximate surface area is 131 Å². The molecule has 2 rings (SSSR count). The quantitative estimate of drug-likeness (QED) is 0.713. The lowest BCUT2D eigenvalue weighted by Crippen LogP contribution is -2.44. The second-order valence-electron chi connectivity index (χ2n) is 5.63. The lowest BCUT2D eigenvalue weighted by atomic mass is 9.99. The average molecular weight is 307 g/mol. The molecule has 1 saturated carbocycles. The van der Waals surface area contributed by atoms with Gasteiger partial charge in [-0.1, -0.05) is 0 Å². The van der Waals surface area contributed by atoms with Gasteiger partial charge in [0.2, 0.25) is 0 Å². The van der Waals surface area contributed by atoms with Gasteiger partial charge in [-0.2, -0.15) is 0 Å². The first-order chi connectivity index (χ1) is 10.6. The Kier molecular flexibility index (Phi) is 5.80. The van der Waals surface area contributed by atoms with Gasteiger partial charge in [0.15, 0.2) is 0 Å². The maximum Gasteiger partial charge on any atom is 0.256 e. The standard InChI is InChI=1S/C17H25NO4/c1-4-22-17(2,13-5-6-13)16(19)18-14-7-9-15(10-8-14)21-12-11-20-3/h7-10,13H,4-6,11-12H2,1-3H3,(H,18,19)/t17-/m1/s1. The molecule has 1 aromatic carbocycles. The van der Waals surface area contributed by atoms with Gasteiger partial charge in [-0.3, -0.25) is 4.79 Å². The molecule has 0 heterocycles. The molecule has 0 radical (unpaired) electrons. The number of carbonyl (C=O) groups is 1. The maximum atomic E-state index is 12.5. The molecule has 22 heavy (non-hydrogen) atoms. The van der Waals surface area contributed by atoms with Crippen LogP contribution in [0.2, 0.25) is 0 Å². The molecule has 0 bridgehead atoms. The van der Waals surface area contributed by atoms with Gasteiger partial charge in [0, 0.05) is 19.4 Å². The van der Waals surface area contributed by atoms with Crippen molar-refractivity contribution in [1.82, 2.24) is 0 Å². The summed E-state index contributed by atoms with van der Waals surface area (Å²) in [6.45, 7) is 5.39. The van der Waals surface area contributed by atoms with E-state index in [2.05, 4.69) is 5.32 Å². The van der Waals surface area contributed by atoms with E-state index in [0.717, 1.165) is 24.3 Å². The fourth-order valence-corrected chi connectivity index (χ4v) is 2.44. The monoisotopic (exact) mass is 307 g/mol. The van der Waals surface area contributed by atoms with Crippen LogP contribution >= 0.6 is 0 Å². The lowest BCUT2D eigenvalue weighted by molar-refractivity contribution is -0.141. The Bertz CT molecular complexity index is 484. The van der Waals surface area contributed by atoms with E-state index < -0.39 is 5.60 Å². The summed E-state index contributed by atoms with van der Waals surface area (Å²) in [7, 11) is 1.64. The smallest absolute Gasteiger partial charge is 0.256 e. The minimum absolute atomic E-state index is 0.0788. The molecule has 1 fully saturated rings. The van der Waals surface area contributed by atoms with Crippen LogP contribution in [-0.2, 0) is 14.3 Å². The highest BCUT2D eigenvalue weighted by Crippen LogP contribution is 2.42. The number of hydrogen-bond donors (Lipinski definition) is 1. The molecule has 1 aromatic rings. The Balaban J connectivity index is 1.93. The number of amides is 1. The van der Waals surface area contributed by atoms with E-state index in [4.69, 9.17) is 14.2 Å². The molecule has 0 unspecified atom stereocenters. The van der Waals surface area contributed by atoms with Gasteiger partial charge in [-0.15, -0.1) is 0 Å². The number of carbonyl (C=O) groups excluding carboxylic acids is 1. The van der Waals surface area contributed by atoms with Crippen molar-refractivity contribution in [3.8, 4) is 5.75 Å². The molecule has 0 saturated heterocycles. The first-order valence-electron chi connectivity index (χ1n) is 7.77. The Morgan fingerprint density at radius 2 is 1.95 bits per heavy atom. The first kappa shape index (κ1) is 16.8. The van der Waals surface area contributed by atoms with E-state index in [1.54, 1.807) is 7.11 Å². The summed E-state index contributed by atoms with van der Waals surface area (Å²) in [6, 6.07) is 7.33. The summed E-state index contributed by atoms with van der Waals surface area (Å²) in [5, 5.41) is 2.94. The SMILES string of the molecule is CCO[C@@](C)(C(=O)Nc1ccc(OCCOC)cc1)C1CC1. The molecule has 1 atom stereocenters. The Morgan fingerprint density at radius 1 is 1.27 bits per heavy atom. The van der Waals surface area contributed by atoms with Gasteiger partial charge >= 0.3 is 0 Å². The number of nitrogens with one attached hydrogen (secondary N) is 1. The molecule has 1 aliphatic carbocycles. The van der Waals surface area contributed by atoms with Crippen molar-refractivity contribution in [2.45, 2.75) is 32.3 Å². The number of methoxy groups -OCH3 is 1. The van der Waals surface area contributed by atoms with E-state index in [1.165, 1.54) is 0 Å². The van der Waals surface area contributed by atoms with Gasteiger partial charge in [0.25, 0.3) is 5.91 Å². The molecule has 0 spiro atoms. The summed E-state index contributed by atoms with van der Waals surface area (Å²) in [4.78, 5) is 12.5. The molecular formula is C17H25NO4. The molecule has 122 valence electrons. The second-order valence-corrected chi connectivity index (χ2v) is 5.63. The summed E-state index contributed by atoms with van der Waals surface area (Å²) in [5.74, 6) is 0.999. The van der Waals surface area contributed by atoms with Crippen LogP contribution in [0.15, 0.2) is 24.3 Å². The van der Waals surface area contributed by atoms with Crippen LogP contribution in [0, 0.1) is 5.92 Å². The Morgan fingerprint density at radius 3 is 2.50 bits per heavy atom. The number of ether oxygens (including phenoxy) is 3. The van der Waals surface area contributed by atoms with E-state index >= 15 is 0 Å². The van der Waals surface area contributed by atoms with Crippen molar-refractivity contribution >= 4 is 11.6 Å². The average Bonchev–Trinajstić information content (AvgIpc) is 3.34. The summed E-state index contributed by atoms with van der Waals surface area (Å²) < 4.78 is 16.2. The van der Waals surface area contributed by atoms with E-state index in [0.29, 0.717) is 25.7 Å². The third-order valence-electron chi connectivity index (χ3n) is 3.92. The largest absolute Gasteiger partial charge is 0.491 e. The van der Waals surface area contributed by atoms with Gasteiger partial charge in [-0.05, 0) is 56.9 Å². The van der Waals surface area contributed by atoms with Gasteiger partial charge in [0.1, 0.15) is 18.0 Å². The molecule has 5 nitrogen and oxygen atoms in total. The number of hydrogen-bond acceptors (Lipinski definition) is 4. The fraction of sp³-hybridized carbons (Fsp3) is 0.588. The van der Waals surface area contributed by atoms with E-state index in [1.807, 2.05) is 38.1 Å². The van der Waals surface area contributed by atoms with Gasteiger partial charge in [-0.25, -0.2) is 0 Å². The predicted octanol–water partition coefficient (Wildman–Crippen LogP) is 2.86. The maximum absolute atomic E-state index is 12.5. The molecule has 5 heteroatoms. The van der Waals surface area contributed by atoms with Crippen LogP contribution < -0.4 is 10.1 Å². The fourth-order valence-electron chi connectivity index (χ4n) is 2.44. The first-order valence-corrected chi connectivity index (χ1v) is 7.77. The van der Waals surface area contributed by atoms with Crippen LogP contribution in [0.25, 0.3) is 0 Å². The van der Waals surface area contributed by atoms with Crippen LogP contribution in [0.5, 0.6) is 5.75 Å². The van der Waals surface area contributed by atoms with Crippen LogP contribution in [0.4, 0.5) is 5.69 Å². The second kappa shape index (κ2) is 7.61. The molecule has 0 aromatic heterocycles. The lowest BCUT2D eigenvalue weighted by Gasteiger charge is -2.28. The molecule has 1 aliphatic rings. The Hall–Kier alpha value is -1.59. The van der Waals surface area contributed by atoms with Crippen molar-refractivity contribution < 1.29 is 19.0 Å². The zero-order valence-corrected chi connectivity index (χ0v) is 13.6. The summed E-state index contributed by atoms with van der Waals surface area (Å²) in [6.07, 6.45) is 2.10. The number of rotatable bonds is 9. The van der Waals surface area contributed by atoms with Crippen molar-refractivity contribution in [2.75, 3.05) is 32.2 Å². The predicted molar refractivity (Wildman–Crippen MR) is 85.2 cm³/mol. The topological polar surface area (TPSA) is 56.8 Å². The highest BCUT2D eigenvalue weighted by atomic mass is 16.5. The molecular weight excluding hydrogens is 282 g/mol. The van der Waals surface area contributed by atoms with Gasteiger partial charge in [0.05, 0.1) is 6.61 Å². The summed E-state index contributed by atoms with van der Waals surface area (Å²) >= 11 is 0.